The Labute approximate surface area is 134 Å². The monoisotopic (exact) mass is 320 g/mol. The molecule has 6 nitrogen and oxygen atoms in total. The third-order valence-corrected chi connectivity index (χ3v) is 5.21. The van der Waals surface area contributed by atoms with Gasteiger partial charge in [-0.05, 0) is 13.8 Å². The van der Waals surface area contributed by atoms with E-state index in [0.717, 1.165) is 5.56 Å². The van der Waals surface area contributed by atoms with Crippen LogP contribution in [0.4, 0.5) is 0 Å². The maximum atomic E-state index is 11.4. The van der Waals surface area contributed by atoms with Crippen LogP contribution in [0.15, 0.2) is 30.3 Å². The van der Waals surface area contributed by atoms with Crippen LogP contribution in [0.2, 0.25) is 0 Å². The van der Waals surface area contributed by atoms with Gasteiger partial charge >= 0.3 is 0 Å². The van der Waals surface area contributed by atoms with Gasteiger partial charge in [-0.2, -0.15) is 0 Å². The Kier molecular flexibility index (Phi) is 2.70. The molecule has 0 aliphatic carbocycles. The molecule has 0 spiro atoms. The van der Waals surface area contributed by atoms with Gasteiger partial charge in [0.1, 0.15) is 23.9 Å². The van der Waals surface area contributed by atoms with Crippen molar-refractivity contribution in [3.8, 4) is 0 Å². The first-order valence-corrected chi connectivity index (χ1v) is 8.03. The lowest BCUT2D eigenvalue weighted by molar-refractivity contribution is -0.299. The average Bonchev–Trinajstić information content (AvgIpc) is 3.11. The Bertz CT molecular complexity index is 633. The molecule has 124 valence electrons. The van der Waals surface area contributed by atoms with Gasteiger partial charge in [-0.1, -0.05) is 30.3 Å². The third kappa shape index (κ3) is 1.85. The topological polar surface area (TPSA) is 66.4 Å². The molecule has 1 aromatic rings. The van der Waals surface area contributed by atoms with Crippen molar-refractivity contribution in [3.05, 3.63) is 35.9 Å². The highest BCUT2D eigenvalue weighted by atomic mass is 16.8. The normalized spacial score (nSPS) is 49.9. The van der Waals surface area contributed by atoms with Gasteiger partial charge in [-0.25, -0.2) is 0 Å². The minimum atomic E-state index is -1.20. The van der Waals surface area contributed by atoms with Gasteiger partial charge in [-0.3, -0.25) is 0 Å². The molecule has 5 rings (SSSR count). The molecule has 6 atom stereocenters. The molecule has 4 aliphatic heterocycles. The van der Waals surface area contributed by atoms with Crippen LogP contribution in [0.5, 0.6) is 0 Å². The predicted molar refractivity (Wildman–Crippen MR) is 77.2 cm³/mol. The van der Waals surface area contributed by atoms with Crippen LogP contribution >= 0.6 is 0 Å². The number of fused-ring (bicyclic) bond motifs is 6. The number of rotatable bonds is 1. The molecule has 4 fully saturated rings. The molecule has 1 unspecified atom stereocenters. The SMILES string of the molecule is CC1(C)O[C@H]2O[C@@H]3[C@H]4COC(c5ccccc5)(C[C@]3(O)[C@H]2O1)O4. The molecule has 2 bridgehead atoms. The van der Waals surface area contributed by atoms with Crippen molar-refractivity contribution in [1.82, 2.24) is 0 Å². The first-order chi connectivity index (χ1) is 10.9. The molecular formula is C17H20O6. The van der Waals surface area contributed by atoms with E-state index in [0.29, 0.717) is 6.61 Å². The van der Waals surface area contributed by atoms with E-state index in [-0.39, 0.29) is 12.5 Å². The van der Waals surface area contributed by atoms with Crippen molar-refractivity contribution in [2.24, 2.45) is 0 Å². The summed E-state index contributed by atoms with van der Waals surface area (Å²) >= 11 is 0. The summed E-state index contributed by atoms with van der Waals surface area (Å²) in [7, 11) is 0. The molecule has 0 amide bonds. The van der Waals surface area contributed by atoms with E-state index in [1.807, 2.05) is 44.2 Å². The van der Waals surface area contributed by atoms with Gasteiger partial charge in [0, 0.05) is 12.0 Å². The predicted octanol–water partition coefficient (Wildman–Crippen LogP) is 1.27. The fraction of sp³-hybridized carbons (Fsp3) is 0.647. The number of ether oxygens (including phenoxy) is 5. The Morgan fingerprint density at radius 2 is 1.83 bits per heavy atom. The Morgan fingerprint density at radius 3 is 2.61 bits per heavy atom. The highest BCUT2D eigenvalue weighted by Crippen LogP contribution is 2.56. The summed E-state index contributed by atoms with van der Waals surface area (Å²) in [5.74, 6) is -1.72. The van der Waals surface area contributed by atoms with E-state index < -0.39 is 35.7 Å². The first-order valence-electron chi connectivity index (χ1n) is 8.03. The fourth-order valence-corrected chi connectivity index (χ4v) is 4.29. The van der Waals surface area contributed by atoms with Gasteiger partial charge in [0.2, 0.25) is 0 Å². The quantitative estimate of drug-likeness (QED) is 0.840. The summed E-state index contributed by atoms with van der Waals surface area (Å²) in [5, 5.41) is 11.4. The van der Waals surface area contributed by atoms with Crippen molar-refractivity contribution in [2.75, 3.05) is 6.61 Å². The average molecular weight is 320 g/mol. The summed E-state index contributed by atoms with van der Waals surface area (Å²) in [4.78, 5) is 0. The van der Waals surface area contributed by atoms with Crippen LogP contribution in [0.25, 0.3) is 0 Å². The highest BCUT2D eigenvalue weighted by Gasteiger charge is 2.72. The van der Waals surface area contributed by atoms with Crippen LogP contribution in [0, 0.1) is 0 Å². The van der Waals surface area contributed by atoms with Gasteiger partial charge in [0.15, 0.2) is 17.9 Å². The largest absolute Gasteiger partial charge is 0.384 e. The molecule has 0 aromatic heterocycles. The zero-order chi connectivity index (χ0) is 15.9. The summed E-state index contributed by atoms with van der Waals surface area (Å²) in [6.45, 7) is 4.03. The van der Waals surface area contributed by atoms with Crippen molar-refractivity contribution >= 4 is 0 Å². The summed E-state index contributed by atoms with van der Waals surface area (Å²) in [6, 6.07) is 9.72. The van der Waals surface area contributed by atoms with Crippen LogP contribution in [0.3, 0.4) is 0 Å². The second-order valence-corrected chi connectivity index (χ2v) is 7.24. The highest BCUT2D eigenvalue weighted by molar-refractivity contribution is 5.26. The molecule has 4 heterocycles. The maximum Gasteiger partial charge on any atom is 0.198 e. The lowest BCUT2D eigenvalue weighted by Crippen LogP contribution is -2.60. The minimum absolute atomic E-state index is 0.256. The number of hydrogen-bond acceptors (Lipinski definition) is 6. The maximum absolute atomic E-state index is 11.4. The van der Waals surface area contributed by atoms with Gasteiger partial charge < -0.3 is 28.8 Å². The van der Waals surface area contributed by atoms with E-state index in [4.69, 9.17) is 23.7 Å². The molecule has 4 aliphatic rings. The smallest absolute Gasteiger partial charge is 0.198 e. The van der Waals surface area contributed by atoms with E-state index in [1.54, 1.807) is 0 Å². The van der Waals surface area contributed by atoms with E-state index in [1.165, 1.54) is 0 Å². The summed E-state index contributed by atoms with van der Waals surface area (Å²) in [6.07, 6.45) is -1.71. The summed E-state index contributed by atoms with van der Waals surface area (Å²) < 4.78 is 29.8. The van der Waals surface area contributed by atoms with Crippen molar-refractivity contribution in [1.29, 1.82) is 0 Å². The number of benzene rings is 1. The Morgan fingerprint density at radius 1 is 1.04 bits per heavy atom. The van der Waals surface area contributed by atoms with Crippen LogP contribution in [-0.4, -0.2) is 47.7 Å². The fourth-order valence-electron chi connectivity index (χ4n) is 4.29. The Balaban J connectivity index is 1.54. The third-order valence-electron chi connectivity index (χ3n) is 5.21. The van der Waals surface area contributed by atoms with Gasteiger partial charge in [0.25, 0.3) is 0 Å². The molecule has 4 saturated heterocycles. The zero-order valence-corrected chi connectivity index (χ0v) is 13.1. The molecule has 6 heteroatoms. The minimum Gasteiger partial charge on any atom is -0.384 e. The van der Waals surface area contributed by atoms with Crippen molar-refractivity contribution in [3.63, 3.8) is 0 Å². The lowest BCUT2D eigenvalue weighted by Gasteiger charge is -2.44. The van der Waals surface area contributed by atoms with Gasteiger partial charge in [0.05, 0.1) is 6.61 Å². The first kappa shape index (κ1) is 14.3. The number of hydrogen-bond donors (Lipinski definition) is 1. The molecule has 1 N–H and O–H groups in total. The van der Waals surface area contributed by atoms with Gasteiger partial charge in [-0.15, -0.1) is 0 Å². The van der Waals surface area contributed by atoms with E-state index in [9.17, 15) is 5.11 Å². The molecule has 1 aromatic carbocycles. The van der Waals surface area contributed by atoms with Crippen molar-refractivity contribution < 1.29 is 28.8 Å². The number of aliphatic hydroxyl groups is 1. The lowest BCUT2D eigenvalue weighted by atomic mass is 9.79. The summed E-state index contributed by atoms with van der Waals surface area (Å²) in [5.41, 5.74) is -0.302. The van der Waals surface area contributed by atoms with E-state index in [2.05, 4.69) is 0 Å². The standard InChI is InChI=1S/C17H20O6/c1-15(2)22-13-14(23-15)20-12-11-8-19-17(21-11,9-16(12,13)18)10-6-4-3-5-7-10/h3-7,11-14,18H,8-9H2,1-2H3/t11-,12-,13+,14-,16-,17?/m1/s1. The molecular weight excluding hydrogens is 300 g/mol. The Hall–Kier alpha value is -1.02. The van der Waals surface area contributed by atoms with Crippen LogP contribution in [0.1, 0.15) is 25.8 Å². The zero-order valence-electron chi connectivity index (χ0n) is 13.1. The molecule has 0 saturated carbocycles. The van der Waals surface area contributed by atoms with Crippen molar-refractivity contribution in [2.45, 2.75) is 62.0 Å². The molecule has 23 heavy (non-hydrogen) atoms. The van der Waals surface area contributed by atoms with Crippen LogP contribution < -0.4 is 0 Å². The second kappa shape index (κ2) is 4.33. The van der Waals surface area contributed by atoms with Crippen LogP contribution in [-0.2, 0) is 29.5 Å². The van der Waals surface area contributed by atoms with E-state index >= 15 is 0 Å². The second-order valence-electron chi connectivity index (χ2n) is 7.24. The molecule has 0 radical (unpaired) electrons.